The van der Waals surface area contributed by atoms with Crippen molar-refractivity contribution in [3.63, 3.8) is 0 Å². The summed E-state index contributed by atoms with van der Waals surface area (Å²) in [7, 11) is 3.19. The minimum absolute atomic E-state index is 0.0713. The van der Waals surface area contributed by atoms with Gasteiger partial charge in [-0.1, -0.05) is 12.1 Å². The number of nitrogens with zero attached hydrogens (tertiary/aromatic N) is 3. The number of hydrogen-bond donors (Lipinski definition) is 1. The van der Waals surface area contributed by atoms with Gasteiger partial charge in [0.15, 0.2) is 11.5 Å². The maximum atomic E-state index is 12.4. The molecule has 1 N–H and O–H groups in total. The molecule has 3 heterocycles. The van der Waals surface area contributed by atoms with Crippen LogP contribution in [0.5, 0.6) is 11.5 Å². The second-order valence-corrected chi connectivity index (χ2v) is 5.95. The summed E-state index contributed by atoms with van der Waals surface area (Å²) in [6.45, 7) is 0. The number of amides is 1. The average Bonchev–Trinajstić information content (AvgIpc) is 3.11. The van der Waals surface area contributed by atoms with Gasteiger partial charge < -0.3 is 14.8 Å². The van der Waals surface area contributed by atoms with Gasteiger partial charge in [-0.25, -0.2) is 4.98 Å². The second kappa shape index (κ2) is 6.51. The summed E-state index contributed by atoms with van der Waals surface area (Å²) in [5.74, 6) is 1.62. The number of carbonyl (C=O) groups is 1. The van der Waals surface area contributed by atoms with Crippen LogP contribution in [0.25, 0.3) is 5.69 Å². The Kier molecular flexibility index (Phi) is 4.04. The van der Waals surface area contributed by atoms with Gasteiger partial charge in [0, 0.05) is 24.1 Å². The van der Waals surface area contributed by atoms with E-state index < -0.39 is 0 Å². The molecule has 1 amide bonds. The van der Waals surface area contributed by atoms with E-state index in [1.165, 1.54) is 0 Å². The van der Waals surface area contributed by atoms with Crippen LogP contribution in [0.4, 0.5) is 5.82 Å². The Morgan fingerprint density at radius 3 is 2.81 bits per heavy atom. The van der Waals surface area contributed by atoms with Crippen LogP contribution in [0.3, 0.4) is 0 Å². The summed E-state index contributed by atoms with van der Waals surface area (Å²) in [6, 6.07) is 9.42. The first-order valence-corrected chi connectivity index (χ1v) is 8.21. The molecule has 1 aliphatic heterocycles. The van der Waals surface area contributed by atoms with Gasteiger partial charge in [-0.05, 0) is 18.2 Å². The summed E-state index contributed by atoms with van der Waals surface area (Å²) < 4.78 is 12.8. The number of ether oxygens (including phenoxy) is 2. The molecule has 0 saturated heterocycles. The third kappa shape index (κ3) is 2.57. The van der Waals surface area contributed by atoms with Crippen molar-refractivity contribution in [2.75, 3.05) is 19.5 Å². The number of methoxy groups -OCH3 is 2. The molecule has 0 unspecified atom stereocenters. The molecule has 0 fully saturated rings. The monoisotopic (exact) mass is 350 g/mol. The number of benzene rings is 1. The van der Waals surface area contributed by atoms with Crippen LogP contribution in [0, 0.1) is 0 Å². The topological polar surface area (TPSA) is 78.3 Å². The van der Waals surface area contributed by atoms with Crippen LogP contribution in [-0.2, 0) is 4.79 Å². The molecular weight excluding hydrogens is 332 g/mol. The highest BCUT2D eigenvalue weighted by molar-refractivity contribution is 5.94. The van der Waals surface area contributed by atoms with Gasteiger partial charge in [-0.2, -0.15) is 0 Å². The quantitative estimate of drug-likeness (QED) is 0.783. The van der Waals surface area contributed by atoms with Gasteiger partial charge in [0.2, 0.25) is 5.91 Å². The Morgan fingerprint density at radius 1 is 1.19 bits per heavy atom. The minimum atomic E-state index is -0.221. The summed E-state index contributed by atoms with van der Waals surface area (Å²) in [5.41, 5.74) is 2.50. The fourth-order valence-corrected chi connectivity index (χ4v) is 3.34. The van der Waals surface area contributed by atoms with Gasteiger partial charge in [0.05, 0.1) is 31.8 Å². The van der Waals surface area contributed by atoms with Crippen LogP contribution in [0.2, 0.25) is 0 Å². The molecule has 132 valence electrons. The molecule has 1 aromatic carbocycles. The second-order valence-electron chi connectivity index (χ2n) is 5.95. The summed E-state index contributed by atoms with van der Waals surface area (Å²) in [6.07, 6.45) is 5.42. The maximum Gasteiger partial charge on any atom is 0.226 e. The van der Waals surface area contributed by atoms with Gasteiger partial charge in [0.1, 0.15) is 12.1 Å². The van der Waals surface area contributed by atoms with Crippen molar-refractivity contribution < 1.29 is 14.3 Å². The first-order chi connectivity index (χ1) is 12.7. The molecule has 0 bridgehead atoms. The van der Waals surface area contributed by atoms with E-state index in [-0.39, 0.29) is 11.8 Å². The van der Waals surface area contributed by atoms with E-state index in [2.05, 4.69) is 15.3 Å². The number of fused-ring (bicyclic) bond motifs is 1. The molecule has 0 radical (unpaired) electrons. The Balaban J connectivity index is 1.85. The first kappa shape index (κ1) is 16.1. The number of hydrogen-bond acceptors (Lipinski definition) is 5. The molecule has 7 heteroatoms. The van der Waals surface area contributed by atoms with E-state index >= 15 is 0 Å². The third-order valence-electron chi connectivity index (χ3n) is 4.51. The van der Waals surface area contributed by atoms with Gasteiger partial charge >= 0.3 is 0 Å². The van der Waals surface area contributed by atoms with Crippen molar-refractivity contribution >= 4 is 11.7 Å². The molecule has 1 aliphatic rings. The predicted octanol–water partition coefficient (Wildman–Crippen LogP) is 2.76. The molecule has 0 spiro atoms. The molecule has 0 aliphatic carbocycles. The van der Waals surface area contributed by atoms with E-state index in [0.717, 1.165) is 16.9 Å². The molecule has 2 aromatic heterocycles. The standard InChI is InChI=1S/C19H18N4O3/c1-25-15-7-3-6-13(18(15)26-2)14-9-16(24)22-19-17(14)21-11-23(19)12-5-4-8-20-10-12/h3-8,10-11,14H,9H2,1-2H3,(H,22,24)/t14-/m0/s1. The number of carbonyl (C=O) groups excluding carboxylic acids is 1. The smallest absolute Gasteiger partial charge is 0.226 e. The zero-order valence-electron chi connectivity index (χ0n) is 14.5. The molecular formula is C19H18N4O3. The van der Waals surface area contributed by atoms with E-state index in [1.54, 1.807) is 32.9 Å². The Morgan fingerprint density at radius 2 is 2.08 bits per heavy atom. The Hall–Kier alpha value is -3.35. The lowest BCUT2D eigenvalue weighted by Gasteiger charge is -2.25. The molecule has 7 nitrogen and oxygen atoms in total. The normalized spacial score (nSPS) is 15.9. The Bertz CT molecular complexity index is 953. The highest BCUT2D eigenvalue weighted by Gasteiger charge is 2.33. The van der Waals surface area contributed by atoms with Crippen molar-refractivity contribution in [2.24, 2.45) is 0 Å². The summed E-state index contributed by atoms with van der Waals surface area (Å²) >= 11 is 0. The van der Waals surface area contributed by atoms with Crippen LogP contribution in [0.1, 0.15) is 23.6 Å². The van der Waals surface area contributed by atoms with Crippen molar-refractivity contribution in [3.8, 4) is 17.2 Å². The number of rotatable bonds is 4. The van der Waals surface area contributed by atoms with E-state index in [0.29, 0.717) is 23.7 Å². The maximum absolute atomic E-state index is 12.4. The fourth-order valence-electron chi connectivity index (χ4n) is 3.34. The zero-order valence-corrected chi connectivity index (χ0v) is 14.5. The van der Waals surface area contributed by atoms with Gasteiger partial charge in [-0.15, -0.1) is 0 Å². The Labute approximate surface area is 150 Å². The average molecular weight is 350 g/mol. The largest absolute Gasteiger partial charge is 0.493 e. The van der Waals surface area contributed by atoms with Crippen LogP contribution < -0.4 is 14.8 Å². The van der Waals surface area contributed by atoms with Crippen molar-refractivity contribution in [2.45, 2.75) is 12.3 Å². The predicted molar refractivity (Wildman–Crippen MR) is 96.0 cm³/mol. The summed E-state index contributed by atoms with van der Waals surface area (Å²) in [5, 5.41) is 2.93. The first-order valence-electron chi connectivity index (χ1n) is 8.21. The van der Waals surface area contributed by atoms with Crippen LogP contribution in [0.15, 0.2) is 49.1 Å². The number of pyridine rings is 1. The number of aromatic nitrogens is 3. The lowest BCUT2D eigenvalue weighted by atomic mass is 9.89. The van der Waals surface area contributed by atoms with Crippen molar-refractivity contribution in [1.82, 2.24) is 14.5 Å². The molecule has 1 atom stereocenters. The number of para-hydroxylation sites is 1. The fraction of sp³-hybridized carbons (Fsp3) is 0.211. The highest BCUT2D eigenvalue weighted by atomic mass is 16.5. The van der Waals surface area contributed by atoms with Crippen LogP contribution >= 0.6 is 0 Å². The number of nitrogens with one attached hydrogen (secondary N) is 1. The minimum Gasteiger partial charge on any atom is -0.493 e. The molecule has 3 aromatic rings. The number of anilines is 1. The van der Waals surface area contributed by atoms with Gasteiger partial charge in [-0.3, -0.25) is 14.3 Å². The molecule has 26 heavy (non-hydrogen) atoms. The lowest BCUT2D eigenvalue weighted by molar-refractivity contribution is -0.116. The van der Waals surface area contributed by atoms with Crippen molar-refractivity contribution in [3.05, 3.63) is 60.3 Å². The van der Waals surface area contributed by atoms with E-state index in [9.17, 15) is 4.79 Å². The molecule has 4 rings (SSSR count). The SMILES string of the molecule is COc1cccc([C@@H]2CC(=O)Nc3c2ncn3-c2cccnc2)c1OC. The van der Waals surface area contributed by atoms with E-state index in [4.69, 9.17) is 9.47 Å². The van der Waals surface area contributed by atoms with Gasteiger partial charge in [0.25, 0.3) is 0 Å². The molecule has 0 saturated carbocycles. The highest BCUT2D eigenvalue weighted by Crippen LogP contribution is 2.43. The number of imidazole rings is 1. The zero-order chi connectivity index (χ0) is 18.1. The summed E-state index contributed by atoms with van der Waals surface area (Å²) in [4.78, 5) is 21.1. The van der Waals surface area contributed by atoms with E-state index in [1.807, 2.05) is 34.9 Å². The van der Waals surface area contributed by atoms with Crippen LogP contribution in [-0.4, -0.2) is 34.7 Å². The third-order valence-corrected chi connectivity index (χ3v) is 4.51. The lowest BCUT2D eigenvalue weighted by Crippen LogP contribution is -2.25. The van der Waals surface area contributed by atoms with Crippen molar-refractivity contribution in [1.29, 1.82) is 0 Å².